The van der Waals surface area contributed by atoms with Gasteiger partial charge in [-0.1, -0.05) is 12.1 Å². The van der Waals surface area contributed by atoms with E-state index in [9.17, 15) is 23.1 Å². The molecule has 1 aliphatic heterocycles. The van der Waals surface area contributed by atoms with Gasteiger partial charge in [0.15, 0.2) is 11.5 Å². The third kappa shape index (κ3) is 3.87. The van der Waals surface area contributed by atoms with Crippen molar-refractivity contribution in [2.24, 2.45) is 0 Å². The van der Waals surface area contributed by atoms with Crippen molar-refractivity contribution in [3.63, 3.8) is 0 Å². The minimum atomic E-state index is -4.89. The number of hydrogen-bond donors (Lipinski definition) is 1. The maximum Gasteiger partial charge on any atom is 0.424 e. The predicted octanol–water partition coefficient (Wildman–Crippen LogP) is 3.94. The van der Waals surface area contributed by atoms with Crippen LogP contribution < -0.4 is 0 Å². The normalized spacial score (nSPS) is 19.7. The Labute approximate surface area is 199 Å². The summed E-state index contributed by atoms with van der Waals surface area (Å²) in [6.45, 7) is 2.56. The molecular formula is C24H23F3N6O2. The minimum Gasteiger partial charge on any atom is -0.374 e. The van der Waals surface area contributed by atoms with Crippen LogP contribution in [0.15, 0.2) is 36.5 Å². The summed E-state index contributed by atoms with van der Waals surface area (Å²) in [6, 6.07) is 10.5. The zero-order valence-corrected chi connectivity index (χ0v) is 19.1. The smallest absolute Gasteiger partial charge is 0.374 e. The highest BCUT2D eigenvalue weighted by Crippen LogP contribution is 2.41. The summed E-state index contributed by atoms with van der Waals surface area (Å²) in [6.07, 6.45) is -1.70. The fourth-order valence-electron chi connectivity index (χ4n) is 4.50. The second kappa shape index (κ2) is 7.95. The molecule has 0 radical (unpaired) electrons. The van der Waals surface area contributed by atoms with Crippen LogP contribution in [0.4, 0.5) is 13.2 Å². The van der Waals surface area contributed by atoms with Gasteiger partial charge in [-0.2, -0.15) is 23.5 Å². The highest BCUT2D eigenvalue weighted by molar-refractivity contribution is 5.93. The summed E-state index contributed by atoms with van der Waals surface area (Å²) >= 11 is 0. The molecule has 1 saturated carbocycles. The SMILES string of the molecule is C[C@H]1CN(C(=O)c2cc(-c3ccc(C#N)cc3)n(C3CC3)n2)Cc2cnc([C@@](C)(O)C(F)(F)F)n21. The van der Waals surface area contributed by atoms with Crippen LogP contribution in [-0.4, -0.2) is 48.0 Å². The van der Waals surface area contributed by atoms with Crippen LogP contribution in [0.5, 0.6) is 0 Å². The lowest BCUT2D eigenvalue weighted by atomic mass is 10.0. The number of aliphatic hydroxyl groups is 1. The van der Waals surface area contributed by atoms with Crippen LogP contribution >= 0.6 is 0 Å². The number of rotatable bonds is 4. The molecule has 0 bridgehead atoms. The Bertz CT molecular complexity index is 1330. The van der Waals surface area contributed by atoms with Crippen molar-refractivity contribution in [1.29, 1.82) is 5.26 Å². The van der Waals surface area contributed by atoms with E-state index in [1.54, 1.807) is 25.1 Å². The van der Waals surface area contributed by atoms with E-state index in [0.29, 0.717) is 18.2 Å². The summed E-state index contributed by atoms with van der Waals surface area (Å²) in [4.78, 5) is 18.8. The Morgan fingerprint density at radius 1 is 1.23 bits per heavy atom. The minimum absolute atomic E-state index is 0.0482. The van der Waals surface area contributed by atoms with Crippen molar-refractivity contribution >= 4 is 5.91 Å². The van der Waals surface area contributed by atoms with Crippen LogP contribution in [0.1, 0.15) is 66.3 Å². The first kappa shape index (κ1) is 23.1. The molecule has 11 heteroatoms. The number of carbonyl (C=O) groups is 1. The van der Waals surface area contributed by atoms with E-state index in [1.165, 1.54) is 15.7 Å². The summed E-state index contributed by atoms with van der Waals surface area (Å²) in [5.74, 6) is -0.816. The quantitative estimate of drug-likeness (QED) is 0.605. The Morgan fingerprint density at radius 2 is 1.91 bits per heavy atom. The lowest BCUT2D eigenvalue weighted by molar-refractivity contribution is -0.263. The van der Waals surface area contributed by atoms with E-state index in [-0.39, 0.29) is 30.7 Å². The molecule has 5 rings (SSSR count). The third-order valence-corrected chi connectivity index (χ3v) is 6.58. The van der Waals surface area contributed by atoms with Crippen LogP contribution in [0, 0.1) is 11.3 Å². The fraction of sp³-hybridized carbons (Fsp3) is 0.417. The molecule has 3 heterocycles. The monoisotopic (exact) mass is 484 g/mol. The van der Waals surface area contributed by atoms with Crippen LogP contribution in [-0.2, 0) is 12.1 Å². The molecule has 8 nitrogen and oxygen atoms in total. The molecule has 1 aromatic carbocycles. The molecule has 1 amide bonds. The summed E-state index contributed by atoms with van der Waals surface area (Å²) in [7, 11) is 0. The number of halogens is 3. The van der Waals surface area contributed by atoms with Gasteiger partial charge in [0.25, 0.3) is 5.91 Å². The molecule has 0 saturated heterocycles. The number of alkyl halides is 3. The molecule has 182 valence electrons. The first-order chi connectivity index (χ1) is 16.5. The van der Waals surface area contributed by atoms with Crippen molar-refractivity contribution in [2.75, 3.05) is 6.54 Å². The molecule has 0 spiro atoms. The lowest BCUT2D eigenvalue weighted by Gasteiger charge is -2.35. The number of amides is 1. The molecule has 1 aliphatic carbocycles. The first-order valence-corrected chi connectivity index (χ1v) is 11.3. The van der Waals surface area contributed by atoms with Crippen molar-refractivity contribution in [1.82, 2.24) is 24.2 Å². The zero-order chi connectivity index (χ0) is 25.1. The van der Waals surface area contributed by atoms with Crippen LogP contribution in [0.25, 0.3) is 11.3 Å². The Hall–Kier alpha value is -3.65. The molecule has 2 atom stereocenters. The van der Waals surface area contributed by atoms with E-state index in [2.05, 4.69) is 16.2 Å². The second-order valence-electron chi connectivity index (χ2n) is 9.33. The van der Waals surface area contributed by atoms with Gasteiger partial charge in [0.1, 0.15) is 0 Å². The van der Waals surface area contributed by atoms with Gasteiger partial charge < -0.3 is 14.6 Å². The second-order valence-corrected chi connectivity index (χ2v) is 9.33. The third-order valence-electron chi connectivity index (χ3n) is 6.58. The van der Waals surface area contributed by atoms with Gasteiger partial charge in [0.2, 0.25) is 5.60 Å². The average Bonchev–Trinajstić information content (AvgIpc) is 3.40. The van der Waals surface area contributed by atoms with Crippen LogP contribution in [0.3, 0.4) is 0 Å². The van der Waals surface area contributed by atoms with Crippen molar-refractivity contribution in [3.05, 3.63) is 59.3 Å². The van der Waals surface area contributed by atoms with E-state index in [1.807, 2.05) is 16.8 Å². The van der Waals surface area contributed by atoms with Crippen molar-refractivity contribution < 1.29 is 23.1 Å². The highest BCUT2D eigenvalue weighted by Gasteiger charge is 2.55. The largest absolute Gasteiger partial charge is 0.424 e. The van der Waals surface area contributed by atoms with Crippen molar-refractivity contribution in [2.45, 2.75) is 57.1 Å². The number of hydrogen-bond acceptors (Lipinski definition) is 5. The number of imidazole rings is 1. The predicted molar refractivity (Wildman–Crippen MR) is 118 cm³/mol. The van der Waals surface area contributed by atoms with Gasteiger partial charge in [-0.3, -0.25) is 9.48 Å². The highest BCUT2D eigenvalue weighted by atomic mass is 19.4. The van der Waals surface area contributed by atoms with Gasteiger partial charge in [0.05, 0.1) is 47.8 Å². The average molecular weight is 484 g/mol. The van der Waals surface area contributed by atoms with E-state index >= 15 is 0 Å². The lowest BCUT2D eigenvalue weighted by Crippen LogP contribution is -2.45. The van der Waals surface area contributed by atoms with Gasteiger partial charge in [0, 0.05) is 6.54 Å². The molecule has 1 fully saturated rings. The van der Waals surface area contributed by atoms with E-state index in [4.69, 9.17) is 5.26 Å². The maximum atomic E-state index is 13.4. The number of fused-ring (bicyclic) bond motifs is 1. The molecule has 0 unspecified atom stereocenters. The first-order valence-electron chi connectivity index (χ1n) is 11.3. The summed E-state index contributed by atoms with van der Waals surface area (Å²) < 4.78 is 43.5. The zero-order valence-electron chi connectivity index (χ0n) is 19.1. The van der Waals surface area contributed by atoms with E-state index < -0.39 is 23.6 Å². The number of aromatic nitrogens is 4. The Balaban J connectivity index is 1.44. The molecule has 2 aromatic heterocycles. The van der Waals surface area contributed by atoms with E-state index in [0.717, 1.165) is 24.1 Å². The molecule has 2 aliphatic rings. The topological polar surface area (TPSA) is 100.0 Å². The summed E-state index contributed by atoms with van der Waals surface area (Å²) in [5.41, 5.74) is -0.301. The van der Waals surface area contributed by atoms with Crippen molar-refractivity contribution in [3.8, 4) is 17.3 Å². The molecule has 3 aromatic rings. The summed E-state index contributed by atoms with van der Waals surface area (Å²) in [5, 5.41) is 23.8. The number of benzene rings is 1. The molecular weight excluding hydrogens is 461 g/mol. The van der Waals surface area contributed by atoms with Crippen LogP contribution in [0.2, 0.25) is 0 Å². The maximum absolute atomic E-state index is 13.4. The van der Waals surface area contributed by atoms with Gasteiger partial charge in [-0.15, -0.1) is 0 Å². The Kier molecular flexibility index (Phi) is 5.25. The van der Waals surface area contributed by atoms with Gasteiger partial charge in [-0.25, -0.2) is 4.98 Å². The van der Waals surface area contributed by atoms with Gasteiger partial charge in [-0.05, 0) is 50.5 Å². The molecule has 35 heavy (non-hydrogen) atoms. The standard InChI is InChI=1S/C24H23F3N6O2/c1-14-12-31(13-18-11-29-22(32(14)18)23(2,35)24(25,26)27)21(34)19-9-20(33(30-19)17-7-8-17)16-5-3-15(10-28)4-6-16/h3-6,9,11,14,17,35H,7-8,12-13H2,1-2H3/t14-,23+/m0/s1. The molecule has 1 N–H and O–H groups in total. The number of carbonyl (C=O) groups excluding carboxylic acids is 1. The fourth-order valence-corrected chi connectivity index (χ4v) is 4.50. The van der Waals surface area contributed by atoms with Gasteiger partial charge >= 0.3 is 6.18 Å². The Morgan fingerprint density at radius 3 is 2.51 bits per heavy atom. The number of nitriles is 1. The number of nitrogens with zero attached hydrogens (tertiary/aromatic N) is 6.